The molecule has 0 aliphatic heterocycles. The molecule has 1 unspecified atom stereocenters. The maximum absolute atomic E-state index is 11.6. The highest BCUT2D eigenvalue weighted by Gasteiger charge is 2.15. The van der Waals surface area contributed by atoms with Crippen LogP contribution in [0.25, 0.3) is 11.4 Å². The van der Waals surface area contributed by atoms with Gasteiger partial charge in [0, 0.05) is 32.4 Å². The minimum absolute atomic E-state index is 0.0151. The van der Waals surface area contributed by atoms with Crippen molar-refractivity contribution in [2.45, 2.75) is 6.92 Å². The Bertz CT molecular complexity index is 658. The largest absolute Gasteiger partial charge is 0.497 e. The van der Waals surface area contributed by atoms with Gasteiger partial charge in [-0.15, -0.1) is 0 Å². The number of hydrogen-bond donors (Lipinski definition) is 1. The van der Waals surface area contributed by atoms with E-state index in [-0.39, 0.29) is 11.8 Å². The van der Waals surface area contributed by atoms with Gasteiger partial charge >= 0.3 is 0 Å². The summed E-state index contributed by atoms with van der Waals surface area (Å²) in [6, 6.07) is 9.44. The number of ether oxygens (including phenoxy) is 1. The molecule has 0 radical (unpaired) electrons. The van der Waals surface area contributed by atoms with E-state index in [2.05, 4.69) is 15.3 Å². The maximum atomic E-state index is 11.6. The first-order chi connectivity index (χ1) is 11.0. The van der Waals surface area contributed by atoms with Crippen LogP contribution < -0.4 is 15.0 Å². The summed E-state index contributed by atoms with van der Waals surface area (Å²) in [4.78, 5) is 22.5. The Hall–Kier alpha value is -2.63. The van der Waals surface area contributed by atoms with E-state index in [0.717, 1.165) is 17.1 Å². The van der Waals surface area contributed by atoms with E-state index in [9.17, 15) is 4.79 Å². The average molecular weight is 314 g/mol. The molecule has 0 saturated carbocycles. The number of aromatic nitrogens is 2. The van der Waals surface area contributed by atoms with E-state index in [4.69, 9.17) is 4.74 Å². The number of carbonyl (C=O) groups is 1. The molecule has 6 heteroatoms. The van der Waals surface area contributed by atoms with Gasteiger partial charge in [0.05, 0.1) is 13.0 Å². The number of amides is 1. The number of benzene rings is 1. The van der Waals surface area contributed by atoms with E-state index in [0.29, 0.717) is 12.4 Å². The lowest BCUT2D eigenvalue weighted by Crippen LogP contribution is -2.34. The topological polar surface area (TPSA) is 67.4 Å². The lowest BCUT2D eigenvalue weighted by Gasteiger charge is -2.21. The van der Waals surface area contributed by atoms with Crippen molar-refractivity contribution < 1.29 is 9.53 Å². The molecule has 0 saturated heterocycles. The van der Waals surface area contributed by atoms with Crippen LogP contribution in [0, 0.1) is 5.92 Å². The molecule has 0 aliphatic rings. The van der Waals surface area contributed by atoms with E-state index >= 15 is 0 Å². The number of methoxy groups -OCH3 is 1. The van der Waals surface area contributed by atoms with E-state index in [1.165, 1.54) is 0 Å². The minimum Gasteiger partial charge on any atom is -0.497 e. The number of nitrogens with zero attached hydrogens (tertiary/aromatic N) is 3. The molecule has 2 rings (SSSR count). The van der Waals surface area contributed by atoms with Crippen molar-refractivity contribution in [3.63, 3.8) is 0 Å². The normalized spacial score (nSPS) is 11.7. The highest BCUT2D eigenvalue weighted by molar-refractivity contribution is 5.78. The lowest BCUT2D eigenvalue weighted by atomic mass is 10.1. The van der Waals surface area contributed by atoms with Gasteiger partial charge in [-0.25, -0.2) is 9.97 Å². The van der Waals surface area contributed by atoms with Gasteiger partial charge < -0.3 is 15.0 Å². The number of rotatable bonds is 6. The van der Waals surface area contributed by atoms with Gasteiger partial charge in [-0.2, -0.15) is 0 Å². The molecule has 122 valence electrons. The minimum atomic E-state index is -0.121. The maximum Gasteiger partial charge on any atom is 0.224 e. The first-order valence-electron chi connectivity index (χ1n) is 7.45. The predicted molar refractivity (Wildman–Crippen MR) is 90.5 cm³/mol. The van der Waals surface area contributed by atoms with E-state index in [1.54, 1.807) is 20.4 Å². The number of anilines is 1. The monoisotopic (exact) mass is 314 g/mol. The highest BCUT2D eigenvalue weighted by atomic mass is 16.5. The second-order valence-corrected chi connectivity index (χ2v) is 5.36. The smallest absolute Gasteiger partial charge is 0.224 e. The average Bonchev–Trinajstić information content (AvgIpc) is 2.61. The number of carbonyl (C=O) groups excluding carboxylic acids is 1. The van der Waals surface area contributed by atoms with Gasteiger partial charge in [0.15, 0.2) is 5.82 Å². The Morgan fingerprint density at radius 1 is 1.30 bits per heavy atom. The molecule has 1 heterocycles. The van der Waals surface area contributed by atoms with Gasteiger partial charge in [0.25, 0.3) is 0 Å². The first-order valence-corrected chi connectivity index (χ1v) is 7.45. The fourth-order valence-corrected chi connectivity index (χ4v) is 2.27. The lowest BCUT2D eigenvalue weighted by molar-refractivity contribution is -0.123. The summed E-state index contributed by atoms with van der Waals surface area (Å²) in [6.07, 6.45) is 1.73. The molecule has 0 spiro atoms. The molecule has 1 aromatic heterocycles. The van der Waals surface area contributed by atoms with Crippen LogP contribution in [-0.4, -0.2) is 43.6 Å². The second-order valence-electron chi connectivity index (χ2n) is 5.36. The van der Waals surface area contributed by atoms with Gasteiger partial charge in [-0.1, -0.05) is 6.92 Å². The molecular weight excluding hydrogens is 292 g/mol. The third kappa shape index (κ3) is 4.18. The molecule has 23 heavy (non-hydrogen) atoms. The predicted octanol–water partition coefficient (Wildman–Crippen LogP) is 1.97. The quantitative estimate of drug-likeness (QED) is 0.883. The summed E-state index contributed by atoms with van der Waals surface area (Å²) < 4.78 is 5.16. The number of hydrogen-bond acceptors (Lipinski definition) is 5. The SMILES string of the molecule is CNC(=O)C(C)CN(C)c1ccnc(-c2ccc(OC)cc2)n1. The fraction of sp³-hybridized carbons (Fsp3) is 0.353. The molecule has 1 amide bonds. The number of nitrogens with one attached hydrogen (secondary N) is 1. The summed E-state index contributed by atoms with van der Waals surface area (Å²) in [5, 5.41) is 2.66. The van der Waals surface area contributed by atoms with Crippen molar-refractivity contribution >= 4 is 11.7 Å². The molecule has 1 N–H and O–H groups in total. The zero-order valence-electron chi connectivity index (χ0n) is 13.9. The Labute approximate surface area is 136 Å². The summed E-state index contributed by atoms with van der Waals surface area (Å²) >= 11 is 0. The molecule has 0 bridgehead atoms. The van der Waals surface area contributed by atoms with Crippen molar-refractivity contribution in [3.05, 3.63) is 36.5 Å². The molecule has 6 nitrogen and oxygen atoms in total. The zero-order chi connectivity index (χ0) is 16.8. The molecule has 1 atom stereocenters. The molecule has 2 aromatic rings. The summed E-state index contributed by atoms with van der Waals surface area (Å²) in [7, 11) is 5.19. The van der Waals surface area contributed by atoms with Crippen LogP contribution in [0.4, 0.5) is 5.82 Å². The van der Waals surface area contributed by atoms with Crippen LogP contribution in [-0.2, 0) is 4.79 Å². The van der Waals surface area contributed by atoms with Crippen LogP contribution in [0.5, 0.6) is 5.75 Å². The second kappa shape index (κ2) is 7.58. The van der Waals surface area contributed by atoms with Crippen LogP contribution in [0.1, 0.15) is 6.92 Å². The molecular formula is C17H22N4O2. The summed E-state index contributed by atoms with van der Waals surface area (Å²) in [6.45, 7) is 2.47. The van der Waals surface area contributed by atoms with Crippen molar-refractivity contribution in [3.8, 4) is 17.1 Å². The molecule has 1 aromatic carbocycles. The third-order valence-electron chi connectivity index (χ3n) is 3.62. The van der Waals surface area contributed by atoms with Crippen molar-refractivity contribution in [1.29, 1.82) is 0 Å². The highest BCUT2D eigenvalue weighted by Crippen LogP contribution is 2.21. The van der Waals surface area contributed by atoms with Crippen molar-refractivity contribution in [2.24, 2.45) is 5.92 Å². The van der Waals surface area contributed by atoms with E-state index < -0.39 is 0 Å². The molecule has 0 fully saturated rings. The molecule has 0 aliphatic carbocycles. The Kier molecular flexibility index (Phi) is 5.51. The van der Waals surface area contributed by atoms with Crippen LogP contribution in [0.3, 0.4) is 0 Å². The summed E-state index contributed by atoms with van der Waals surface area (Å²) in [5.74, 6) is 2.11. The van der Waals surface area contributed by atoms with E-state index in [1.807, 2.05) is 49.2 Å². The Morgan fingerprint density at radius 2 is 2.00 bits per heavy atom. The van der Waals surface area contributed by atoms with Gasteiger partial charge in [0.2, 0.25) is 5.91 Å². The van der Waals surface area contributed by atoms with Crippen molar-refractivity contribution in [1.82, 2.24) is 15.3 Å². The summed E-state index contributed by atoms with van der Waals surface area (Å²) in [5.41, 5.74) is 0.917. The van der Waals surface area contributed by atoms with Crippen LogP contribution in [0.15, 0.2) is 36.5 Å². The standard InChI is InChI=1S/C17H22N4O2/c1-12(17(22)18-2)11-21(3)15-9-10-19-16(20-15)13-5-7-14(23-4)8-6-13/h5-10,12H,11H2,1-4H3,(H,18,22). The van der Waals surface area contributed by atoms with Crippen molar-refractivity contribution in [2.75, 3.05) is 32.6 Å². The van der Waals surface area contributed by atoms with Gasteiger partial charge in [0.1, 0.15) is 11.6 Å². The van der Waals surface area contributed by atoms with Crippen LogP contribution >= 0.6 is 0 Å². The van der Waals surface area contributed by atoms with Gasteiger partial charge in [-0.3, -0.25) is 4.79 Å². The fourth-order valence-electron chi connectivity index (χ4n) is 2.27. The zero-order valence-corrected chi connectivity index (χ0v) is 13.9. The van der Waals surface area contributed by atoms with Gasteiger partial charge in [-0.05, 0) is 30.3 Å². The van der Waals surface area contributed by atoms with Crippen LogP contribution in [0.2, 0.25) is 0 Å². The Balaban J connectivity index is 2.16. The Morgan fingerprint density at radius 3 is 2.61 bits per heavy atom. The first kappa shape index (κ1) is 16.7. The third-order valence-corrected chi connectivity index (χ3v) is 3.62.